The third-order valence-electron chi connectivity index (χ3n) is 6.38. The second-order valence-electron chi connectivity index (χ2n) is 9.62. The van der Waals surface area contributed by atoms with Crippen molar-refractivity contribution in [3.05, 3.63) is 65.6 Å². The second-order valence-corrected chi connectivity index (χ2v) is 9.62. The van der Waals surface area contributed by atoms with E-state index in [0.717, 1.165) is 42.9 Å². The smallest absolute Gasteiger partial charge is 0.228 e. The van der Waals surface area contributed by atoms with Gasteiger partial charge in [-0.05, 0) is 37.4 Å². The van der Waals surface area contributed by atoms with Gasteiger partial charge in [-0.3, -0.25) is 5.10 Å². The molecule has 1 saturated heterocycles. The normalized spacial score (nSPS) is 18.7. The van der Waals surface area contributed by atoms with Crippen LogP contribution in [0.2, 0.25) is 0 Å². The molecule has 3 aromatic rings. The van der Waals surface area contributed by atoms with Gasteiger partial charge in [0.05, 0.1) is 12.6 Å². The van der Waals surface area contributed by atoms with Gasteiger partial charge in [0.15, 0.2) is 5.82 Å². The minimum Gasteiger partial charge on any atom is -0.474 e. The molecule has 0 radical (unpaired) electrons. The van der Waals surface area contributed by atoms with Gasteiger partial charge in [0.2, 0.25) is 11.8 Å². The molecule has 4 heterocycles. The number of hydrogen-bond acceptors (Lipinski definition) is 9. The van der Waals surface area contributed by atoms with Crippen LogP contribution in [0.15, 0.2) is 54.3 Å². The monoisotopic (exact) mass is 490 g/mol. The Labute approximate surface area is 211 Å². The number of anilines is 3. The van der Waals surface area contributed by atoms with Gasteiger partial charge in [-0.1, -0.05) is 44.2 Å². The fourth-order valence-corrected chi connectivity index (χ4v) is 4.21. The van der Waals surface area contributed by atoms with Gasteiger partial charge in [0.1, 0.15) is 17.7 Å². The van der Waals surface area contributed by atoms with E-state index in [1.165, 1.54) is 0 Å². The number of H-pyrrole nitrogens is 1. The average Bonchev–Trinajstić information content (AvgIpc) is 3.55. The molecule has 5 rings (SSSR count). The number of likely N-dealkylation sites (tertiary alicyclic amines) is 1. The molecule has 0 spiro atoms. The number of aromatic amines is 1. The lowest BCUT2D eigenvalue weighted by molar-refractivity contribution is 0.110. The zero-order valence-corrected chi connectivity index (χ0v) is 21.0. The van der Waals surface area contributed by atoms with Crippen LogP contribution in [0.4, 0.5) is 17.6 Å². The summed E-state index contributed by atoms with van der Waals surface area (Å²) >= 11 is 0. The van der Waals surface area contributed by atoms with E-state index in [-0.39, 0.29) is 12.1 Å². The molecule has 4 N–H and O–H groups in total. The van der Waals surface area contributed by atoms with Crippen molar-refractivity contribution in [3.63, 3.8) is 0 Å². The van der Waals surface area contributed by atoms with Crippen LogP contribution in [0.25, 0.3) is 0 Å². The Balaban J connectivity index is 1.30. The fraction of sp³-hybridized carbons (Fsp3) is 0.423. The number of hydroxylamine groups is 1. The standard InChI is InChI=1S/C26H34N8O2/c1-17(2)21-14-24(32-31-21)28-23-15-25(35-19-9-11-34(3)12-10-19)30-26(29-23)27-16-20-13-22(33-36-20)18-7-5-4-6-8-18/h4-8,13-15,17,19,22,33H,9-12,16H2,1-3H3,(H3,27,28,29,30,31,32). The molecule has 36 heavy (non-hydrogen) atoms. The Kier molecular flexibility index (Phi) is 7.33. The quantitative estimate of drug-likeness (QED) is 0.352. The zero-order valence-electron chi connectivity index (χ0n) is 21.0. The first-order valence-electron chi connectivity index (χ1n) is 12.5. The number of rotatable bonds is 9. The van der Waals surface area contributed by atoms with Gasteiger partial charge >= 0.3 is 0 Å². The SMILES string of the molecule is CC(C)c1cc(Nc2cc(OC3CCN(C)CC3)nc(NCC3=CC(c4ccccc4)NO3)n2)n[nH]1. The largest absolute Gasteiger partial charge is 0.474 e. The Morgan fingerprint density at radius 2 is 1.92 bits per heavy atom. The molecule has 1 fully saturated rings. The first-order chi connectivity index (χ1) is 17.5. The van der Waals surface area contributed by atoms with Crippen LogP contribution in [0.5, 0.6) is 5.88 Å². The number of nitrogens with zero attached hydrogens (tertiary/aromatic N) is 4. The van der Waals surface area contributed by atoms with E-state index in [4.69, 9.17) is 9.57 Å². The maximum absolute atomic E-state index is 6.27. The Morgan fingerprint density at radius 1 is 1.11 bits per heavy atom. The van der Waals surface area contributed by atoms with Crippen LogP contribution in [-0.2, 0) is 4.84 Å². The molecule has 1 unspecified atom stereocenters. The van der Waals surface area contributed by atoms with E-state index in [2.05, 4.69) is 80.3 Å². The maximum atomic E-state index is 6.27. The first kappa shape index (κ1) is 24.1. The van der Waals surface area contributed by atoms with E-state index < -0.39 is 0 Å². The molecule has 0 amide bonds. The van der Waals surface area contributed by atoms with Gasteiger partial charge in [0, 0.05) is 30.9 Å². The second kappa shape index (κ2) is 11.0. The summed E-state index contributed by atoms with van der Waals surface area (Å²) in [5.41, 5.74) is 5.25. The van der Waals surface area contributed by atoms with Gasteiger partial charge in [-0.25, -0.2) is 0 Å². The van der Waals surface area contributed by atoms with Crippen LogP contribution in [0.3, 0.4) is 0 Å². The van der Waals surface area contributed by atoms with Crippen molar-refractivity contribution in [2.24, 2.45) is 0 Å². The number of benzene rings is 1. The molecule has 2 aliphatic heterocycles. The number of piperidine rings is 1. The number of ether oxygens (including phenoxy) is 1. The van der Waals surface area contributed by atoms with Crippen molar-refractivity contribution in [1.82, 2.24) is 30.5 Å². The Hall–Kier alpha value is -3.63. The topological polar surface area (TPSA) is 112 Å². The predicted octanol–water partition coefficient (Wildman–Crippen LogP) is 4.11. The summed E-state index contributed by atoms with van der Waals surface area (Å²) < 4.78 is 6.27. The van der Waals surface area contributed by atoms with Crippen molar-refractivity contribution < 1.29 is 9.57 Å². The number of nitrogens with one attached hydrogen (secondary N) is 4. The summed E-state index contributed by atoms with van der Waals surface area (Å²) in [5, 5.41) is 14.0. The first-order valence-corrected chi connectivity index (χ1v) is 12.5. The summed E-state index contributed by atoms with van der Waals surface area (Å²) in [4.78, 5) is 17.3. The third-order valence-corrected chi connectivity index (χ3v) is 6.38. The highest BCUT2D eigenvalue weighted by Crippen LogP contribution is 2.25. The molecule has 0 saturated carbocycles. The van der Waals surface area contributed by atoms with Crippen molar-refractivity contribution >= 4 is 17.6 Å². The summed E-state index contributed by atoms with van der Waals surface area (Å²) in [6, 6.07) is 14.0. The summed E-state index contributed by atoms with van der Waals surface area (Å²) in [6.45, 7) is 6.70. The summed E-state index contributed by atoms with van der Waals surface area (Å²) in [7, 11) is 2.14. The highest BCUT2D eigenvalue weighted by atomic mass is 16.7. The molecule has 2 aliphatic rings. The highest BCUT2D eigenvalue weighted by Gasteiger charge is 2.21. The van der Waals surface area contributed by atoms with Gasteiger partial charge < -0.3 is 25.1 Å². The van der Waals surface area contributed by atoms with Crippen LogP contribution >= 0.6 is 0 Å². The number of aromatic nitrogens is 4. The minimum absolute atomic E-state index is 0.00932. The molecule has 1 aromatic carbocycles. The van der Waals surface area contributed by atoms with E-state index in [1.54, 1.807) is 0 Å². The zero-order chi connectivity index (χ0) is 24.9. The third kappa shape index (κ3) is 6.13. The molecule has 2 aromatic heterocycles. The van der Waals surface area contributed by atoms with Crippen molar-refractivity contribution in [2.75, 3.05) is 37.3 Å². The lowest BCUT2D eigenvalue weighted by atomic mass is 10.1. The Bertz CT molecular complexity index is 1170. The van der Waals surface area contributed by atoms with Crippen molar-refractivity contribution in [1.29, 1.82) is 0 Å². The molecular weight excluding hydrogens is 456 g/mol. The van der Waals surface area contributed by atoms with Gasteiger partial charge in [-0.2, -0.15) is 15.1 Å². The maximum Gasteiger partial charge on any atom is 0.228 e. The minimum atomic E-state index is 0.00932. The molecule has 190 valence electrons. The van der Waals surface area contributed by atoms with E-state index in [0.29, 0.717) is 35.9 Å². The van der Waals surface area contributed by atoms with Crippen LogP contribution in [-0.4, -0.2) is 57.9 Å². The predicted molar refractivity (Wildman–Crippen MR) is 139 cm³/mol. The Morgan fingerprint density at radius 3 is 2.67 bits per heavy atom. The average molecular weight is 491 g/mol. The molecular formula is C26H34N8O2. The van der Waals surface area contributed by atoms with Gasteiger partial charge in [0.25, 0.3) is 0 Å². The van der Waals surface area contributed by atoms with Crippen LogP contribution in [0, 0.1) is 0 Å². The van der Waals surface area contributed by atoms with Crippen molar-refractivity contribution in [3.8, 4) is 5.88 Å². The molecule has 10 heteroatoms. The number of hydrogen-bond donors (Lipinski definition) is 4. The molecule has 0 aliphatic carbocycles. The van der Waals surface area contributed by atoms with E-state index in [1.807, 2.05) is 30.3 Å². The van der Waals surface area contributed by atoms with E-state index in [9.17, 15) is 0 Å². The van der Waals surface area contributed by atoms with Crippen LogP contribution < -0.4 is 20.9 Å². The lowest BCUT2D eigenvalue weighted by Crippen LogP contribution is -2.35. The molecule has 1 atom stereocenters. The fourth-order valence-electron chi connectivity index (χ4n) is 4.21. The molecule has 10 nitrogen and oxygen atoms in total. The van der Waals surface area contributed by atoms with Crippen LogP contribution in [0.1, 0.15) is 49.9 Å². The summed E-state index contributed by atoms with van der Waals surface area (Å²) in [5.74, 6) is 3.43. The highest BCUT2D eigenvalue weighted by molar-refractivity contribution is 5.55. The van der Waals surface area contributed by atoms with Gasteiger partial charge in [-0.15, -0.1) is 5.48 Å². The molecule has 0 bridgehead atoms. The van der Waals surface area contributed by atoms with Crippen molar-refractivity contribution in [2.45, 2.75) is 44.8 Å². The van der Waals surface area contributed by atoms with E-state index >= 15 is 0 Å². The lowest BCUT2D eigenvalue weighted by Gasteiger charge is -2.29. The summed E-state index contributed by atoms with van der Waals surface area (Å²) in [6.07, 6.45) is 4.12.